The van der Waals surface area contributed by atoms with Crippen molar-refractivity contribution >= 4 is 17.2 Å². The van der Waals surface area contributed by atoms with Gasteiger partial charge in [-0.25, -0.2) is 0 Å². The van der Waals surface area contributed by atoms with Gasteiger partial charge in [-0.05, 0) is 37.9 Å². The van der Waals surface area contributed by atoms with E-state index in [-0.39, 0.29) is 17.7 Å². The van der Waals surface area contributed by atoms with Crippen LogP contribution in [-0.4, -0.2) is 42.1 Å². The predicted octanol–water partition coefficient (Wildman–Crippen LogP) is 2.23. The fourth-order valence-electron chi connectivity index (χ4n) is 2.46. The van der Waals surface area contributed by atoms with Gasteiger partial charge in [0.2, 0.25) is 5.76 Å². The molecule has 6 heteroatoms. The monoisotopic (exact) mass is 291 g/mol. The second-order valence-corrected chi connectivity index (χ2v) is 6.08. The number of amides is 1. The molecule has 1 N–H and O–H groups in total. The zero-order chi connectivity index (χ0) is 13.9. The van der Waals surface area contributed by atoms with Crippen molar-refractivity contribution < 1.29 is 9.32 Å². The number of nitrogens with zero attached hydrogens (tertiary/aromatic N) is 2. The number of carbonyl (C=O) groups is 1. The van der Waals surface area contributed by atoms with Crippen LogP contribution in [0.1, 0.15) is 23.4 Å². The molecule has 0 radical (unpaired) electrons. The van der Waals surface area contributed by atoms with Crippen molar-refractivity contribution in [1.82, 2.24) is 15.4 Å². The molecule has 1 amide bonds. The molecule has 0 saturated carbocycles. The molecule has 0 aliphatic carbocycles. The Balaban J connectivity index is 1.65. The molecule has 0 spiro atoms. The summed E-state index contributed by atoms with van der Waals surface area (Å²) in [5.41, 5.74) is 0.714. The van der Waals surface area contributed by atoms with Crippen molar-refractivity contribution in [1.29, 1.82) is 0 Å². The molecule has 0 bridgehead atoms. The molecule has 0 aromatic carbocycles. The van der Waals surface area contributed by atoms with Gasteiger partial charge in [-0.1, -0.05) is 11.2 Å². The quantitative estimate of drug-likeness (QED) is 0.942. The Kier molecular flexibility index (Phi) is 3.84. The second kappa shape index (κ2) is 5.76. The molecule has 20 heavy (non-hydrogen) atoms. The number of nitrogens with one attached hydrogen (secondary N) is 1. The van der Waals surface area contributed by atoms with Crippen LogP contribution in [0.25, 0.3) is 10.6 Å². The highest BCUT2D eigenvalue weighted by Gasteiger charge is 2.22. The first-order valence-corrected chi connectivity index (χ1v) is 7.60. The number of likely N-dealkylation sites (N-methyl/N-ethyl adjacent to an activating group) is 1. The third kappa shape index (κ3) is 2.91. The van der Waals surface area contributed by atoms with Gasteiger partial charge in [0, 0.05) is 18.7 Å². The normalized spacial score (nSPS) is 19.9. The highest BCUT2D eigenvalue weighted by Crippen LogP contribution is 2.24. The van der Waals surface area contributed by atoms with Crippen LogP contribution in [0.4, 0.5) is 0 Å². The molecule has 1 aliphatic heterocycles. The summed E-state index contributed by atoms with van der Waals surface area (Å²) in [6, 6.07) is 5.80. The maximum Gasteiger partial charge on any atom is 0.290 e. The number of aromatic nitrogens is 1. The molecular formula is C14H17N3O2S. The minimum Gasteiger partial charge on any atom is -0.350 e. The van der Waals surface area contributed by atoms with E-state index in [0.29, 0.717) is 5.69 Å². The summed E-state index contributed by atoms with van der Waals surface area (Å²) in [7, 11) is 2.07. The Hall–Kier alpha value is -1.66. The van der Waals surface area contributed by atoms with Gasteiger partial charge in [0.15, 0.2) is 0 Å². The molecule has 1 aliphatic rings. The third-order valence-corrected chi connectivity index (χ3v) is 4.36. The molecule has 1 unspecified atom stereocenters. The number of hydrogen-bond donors (Lipinski definition) is 1. The number of thiophene rings is 1. The first-order chi connectivity index (χ1) is 9.72. The van der Waals surface area contributed by atoms with E-state index in [9.17, 15) is 4.79 Å². The molecule has 2 aromatic rings. The Morgan fingerprint density at radius 3 is 3.25 bits per heavy atom. The second-order valence-electron chi connectivity index (χ2n) is 5.13. The van der Waals surface area contributed by atoms with Crippen LogP contribution in [-0.2, 0) is 0 Å². The number of likely N-dealkylation sites (tertiary alicyclic amines) is 1. The van der Waals surface area contributed by atoms with E-state index in [0.717, 1.165) is 30.8 Å². The number of piperidine rings is 1. The van der Waals surface area contributed by atoms with Crippen molar-refractivity contribution in [3.63, 3.8) is 0 Å². The third-order valence-electron chi connectivity index (χ3n) is 3.47. The lowest BCUT2D eigenvalue weighted by Gasteiger charge is -2.29. The van der Waals surface area contributed by atoms with Crippen LogP contribution >= 0.6 is 11.3 Å². The maximum absolute atomic E-state index is 12.1. The van der Waals surface area contributed by atoms with E-state index < -0.39 is 0 Å². The van der Waals surface area contributed by atoms with Crippen LogP contribution in [0.15, 0.2) is 28.1 Å². The minimum atomic E-state index is -0.180. The van der Waals surface area contributed by atoms with E-state index >= 15 is 0 Å². The van der Waals surface area contributed by atoms with Crippen LogP contribution < -0.4 is 5.32 Å². The topological polar surface area (TPSA) is 58.4 Å². The van der Waals surface area contributed by atoms with E-state index in [4.69, 9.17) is 4.52 Å². The molecule has 5 nitrogen and oxygen atoms in total. The fraction of sp³-hybridized carbons (Fsp3) is 0.429. The Morgan fingerprint density at radius 1 is 1.60 bits per heavy atom. The molecule has 3 heterocycles. The fourth-order valence-corrected chi connectivity index (χ4v) is 3.14. The molecular weight excluding hydrogens is 274 g/mol. The highest BCUT2D eigenvalue weighted by atomic mass is 32.1. The molecule has 106 valence electrons. The summed E-state index contributed by atoms with van der Waals surface area (Å²) < 4.78 is 5.15. The Bertz CT molecular complexity index is 579. The Labute approximate surface area is 121 Å². The van der Waals surface area contributed by atoms with Crippen LogP contribution in [0, 0.1) is 0 Å². The predicted molar refractivity (Wildman–Crippen MR) is 77.8 cm³/mol. The van der Waals surface area contributed by atoms with Crippen molar-refractivity contribution in [3.05, 3.63) is 29.3 Å². The van der Waals surface area contributed by atoms with Crippen LogP contribution in [0.3, 0.4) is 0 Å². The lowest BCUT2D eigenvalue weighted by atomic mass is 10.1. The summed E-state index contributed by atoms with van der Waals surface area (Å²) in [6.45, 7) is 1.98. The summed E-state index contributed by atoms with van der Waals surface area (Å²) >= 11 is 1.58. The van der Waals surface area contributed by atoms with Gasteiger partial charge in [-0.2, -0.15) is 0 Å². The maximum atomic E-state index is 12.1. The van der Waals surface area contributed by atoms with Crippen LogP contribution in [0.5, 0.6) is 0 Å². The smallest absolute Gasteiger partial charge is 0.290 e. The number of carbonyl (C=O) groups excluding carboxylic acids is 1. The van der Waals surface area contributed by atoms with Gasteiger partial charge >= 0.3 is 0 Å². The van der Waals surface area contributed by atoms with E-state index in [1.54, 1.807) is 17.4 Å². The molecule has 3 rings (SSSR count). The van der Waals surface area contributed by atoms with Gasteiger partial charge in [0.1, 0.15) is 5.69 Å². The van der Waals surface area contributed by atoms with Crippen molar-refractivity contribution in [2.24, 2.45) is 0 Å². The SMILES string of the molecule is CN1CCCC(NC(=O)c2cc(-c3cccs3)no2)C1. The Morgan fingerprint density at radius 2 is 2.50 bits per heavy atom. The van der Waals surface area contributed by atoms with Crippen molar-refractivity contribution in [2.45, 2.75) is 18.9 Å². The zero-order valence-electron chi connectivity index (χ0n) is 11.3. The van der Waals surface area contributed by atoms with E-state index in [2.05, 4.69) is 22.4 Å². The van der Waals surface area contributed by atoms with Crippen LogP contribution in [0.2, 0.25) is 0 Å². The summed E-state index contributed by atoms with van der Waals surface area (Å²) in [4.78, 5) is 15.4. The van der Waals surface area contributed by atoms with E-state index in [1.165, 1.54) is 0 Å². The van der Waals surface area contributed by atoms with Gasteiger partial charge in [0.05, 0.1) is 4.88 Å². The molecule has 1 saturated heterocycles. The zero-order valence-corrected chi connectivity index (χ0v) is 12.2. The lowest BCUT2D eigenvalue weighted by molar-refractivity contribution is 0.0875. The average Bonchev–Trinajstić information content (AvgIpc) is 3.10. The standard InChI is InChI=1S/C14H17N3O2S/c1-17-6-2-4-10(9-17)15-14(18)12-8-11(16-19-12)13-5-3-7-20-13/h3,5,7-8,10H,2,4,6,9H2,1H3,(H,15,18). The van der Waals surface area contributed by atoms with Gasteiger partial charge < -0.3 is 14.7 Å². The van der Waals surface area contributed by atoms with Crippen molar-refractivity contribution in [3.8, 4) is 10.6 Å². The summed E-state index contributed by atoms with van der Waals surface area (Å²) in [5.74, 6) is 0.0993. The molecule has 1 fully saturated rings. The first-order valence-electron chi connectivity index (χ1n) is 6.72. The highest BCUT2D eigenvalue weighted by molar-refractivity contribution is 7.13. The van der Waals surface area contributed by atoms with E-state index in [1.807, 2.05) is 17.5 Å². The summed E-state index contributed by atoms with van der Waals surface area (Å²) in [6.07, 6.45) is 2.13. The van der Waals surface area contributed by atoms with Crippen molar-refractivity contribution in [2.75, 3.05) is 20.1 Å². The largest absolute Gasteiger partial charge is 0.350 e. The average molecular weight is 291 g/mol. The van der Waals surface area contributed by atoms with Gasteiger partial charge in [-0.15, -0.1) is 11.3 Å². The number of hydrogen-bond acceptors (Lipinski definition) is 5. The lowest BCUT2D eigenvalue weighted by Crippen LogP contribution is -2.46. The van der Waals surface area contributed by atoms with Gasteiger partial charge in [-0.3, -0.25) is 4.79 Å². The molecule has 2 aromatic heterocycles. The first kappa shape index (κ1) is 13.3. The molecule has 1 atom stereocenters. The minimum absolute atomic E-state index is 0.180. The summed E-state index contributed by atoms with van der Waals surface area (Å²) in [5, 5.41) is 8.94. The number of rotatable bonds is 3. The van der Waals surface area contributed by atoms with Gasteiger partial charge in [0.25, 0.3) is 5.91 Å².